The molecule has 4 aromatic heterocycles. The molecule has 1 saturated heterocycles. The average molecular weight is 481 g/mol. The highest BCUT2D eigenvalue weighted by molar-refractivity contribution is 7.23. The number of anilines is 3. The smallest absolute Gasteiger partial charge is 0.261 e. The van der Waals surface area contributed by atoms with Gasteiger partial charge in [0.15, 0.2) is 5.82 Å². The zero-order valence-corrected chi connectivity index (χ0v) is 20.3. The number of hydrogen-bond acceptors (Lipinski definition) is 9. The maximum Gasteiger partial charge on any atom is 0.261 e. The minimum atomic E-state index is -0.304. The summed E-state index contributed by atoms with van der Waals surface area (Å²) < 4.78 is 7.90. The Morgan fingerprint density at radius 1 is 1.26 bits per heavy atom. The van der Waals surface area contributed by atoms with Crippen LogP contribution >= 0.6 is 11.3 Å². The van der Waals surface area contributed by atoms with E-state index < -0.39 is 0 Å². The van der Waals surface area contributed by atoms with Crippen LogP contribution in [0.25, 0.3) is 21.3 Å². The van der Waals surface area contributed by atoms with Gasteiger partial charge in [0.2, 0.25) is 0 Å². The molecule has 0 aromatic carbocycles. The second-order valence-electron chi connectivity index (χ2n) is 8.75. The fourth-order valence-corrected chi connectivity index (χ4v) is 5.63. The normalized spacial score (nSPS) is 16.7. The Kier molecular flexibility index (Phi) is 5.74. The van der Waals surface area contributed by atoms with Crippen molar-refractivity contribution in [1.29, 1.82) is 0 Å². The Bertz CT molecular complexity index is 1350. The molecule has 0 bridgehead atoms. The van der Waals surface area contributed by atoms with Crippen LogP contribution in [0, 0.1) is 13.8 Å². The number of carbonyl (C=O) groups is 1. The molecule has 1 amide bonds. The fraction of sp³-hybridized carbons (Fsp3) is 0.391. The van der Waals surface area contributed by atoms with E-state index in [1.165, 1.54) is 11.3 Å². The van der Waals surface area contributed by atoms with Gasteiger partial charge in [-0.15, -0.1) is 11.3 Å². The number of nitrogen functional groups attached to an aromatic ring is 1. The first-order chi connectivity index (χ1) is 16.3. The second kappa shape index (κ2) is 8.73. The van der Waals surface area contributed by atoms with Crippen molar-refractivity contribution in [3.05, 3.63) is 35.5 Å². The molecule has 1 aliphatic rings. The van der Waals surface area contributed by atoms with Gasteiger partial charge in [-0.3, -0.25) is 14.5 Å². The molecule has 34 heavy (non-hydrogen) atoms. The van der Waals surface area contributed by atoms with Crippen LogP contribution in [0.4, 0.5) is 16.5 Å². The average Bonchev–Trinajstić information content (AvgIpc) is 3.38. The third-order valence-electron chi connectivity index (χ3n) is 6.33. The standard InChI is InChI=1S/C23H28N8O2S/c1-12-18(13(2)33-29-12)14-9-17-20(26-10-14)19(21(25)34-17)22(32)28-16-11-27-30(3)23(16)31-7-4-5-15(24)6-8-31/h9-11,15H,4-8,24-25H2,1-3H3,(H,28,32)/t15-/m0/s1. The third-order valence-corrected chi connectivity index (χ3v) is 7.29. The summed E-state index contributed by atoms with van der Waals surface area (Å²) in [4.78, 5) is 20.2. The minimum absolute atomic E-state index is 0.203. The molecule has 0 spiro atoms. The molecule has 5 N–H and O–H groups in total. The van der Waals surface area contributed by atoms with Gasteiger partial charge in [-0.1, -0.05) is 5.16 Å². The number of carbonyl (C=O) groups excluding carboxylic acids is 1. The molecular weight excluding hydrogens is 452 g/mol. The Labute approximate surface area is 200 Å². The van der Waals surface area contributed by atoms with E-state index in [1.807, 2.05) is 27.0 Å². The first kappa shape index (κ1) is 22.4. The van der Waals surface area contributed by atoms with Crippen LogP contribution in [0.5, 0.6) is 0 Å². The number of nitrogens with zero attached hydrogens (tertiary/aromatic N) is 5. The van der Waals surface area contributed by atoms with E-state index in [4.69, 9.17) is 16.0 Å². The van der Waals surface area contributed by atoms with Crippen LogP contribution in [0.15, 0.2) is 23.0 Å². The molecular formula is C23H28N8O2S. The van der Waals surface area contributed by atoms with Gasteiger partial charge in [-0.25, -0.2) is 0 Å². The summed E-state index contributed by atoms with van der Waals surface area (Å²) >= 11 is 1.34. The van der Waals surface area contributed by atoms with Crippen molar-refractivity contribution >= 4 is 44.0 Å². The number of nitrogens with two attached hydrogens (primary N) is 2. The van der Waals surface area contributed by atoms with Gasteiger partial charge < -0.3 is 26.2 Å². The van der Waals surface area contributed by atoms with Crippen molar-refractivity contribution in [1.82, 2.24) is 19.9 Å². The highest BCUT2D eigenvalue weighted by Crippen LogP contribution is 2.37. The van der Waals surface area contributed by atoms with Gasteiger partial charge in [-0.2, -0.15) is 5.10 Å². The van der Waals surface area contributed by atoms with Gasteiger partial charge in [0.1, 0.15) is 22.0 Å². The molecule has 10 nitrogen and oxygen atoms in total. The lowest BCUT2D eigenvalue weighted by Gasteiger charge is -2.24. The zero-order chi connectivity index (χ0) is 24.0. The molecule has 5 rings (SSSR count). The maximum atomic E-state index is 13.4. The maximum absolute atomic E-state index is 13.4. The Morgan fingerprint density at radius 2 is 2.09 bits per heavy atom. The molecule has 4 aromatic rings. The molecule has 0 unspecified atom stereocenters. The number of hydrogen-bond donors (Lipinski definition) is 3. The fourth-order valence-electron chi connectivity index (χ4n) is 4.66. The van der Waals surface area contributed by atoms with E-state index in [0.717, 1.165) is 65.5 Å². The van der Waals surface area contributed by atoms with Gasteiger partial charge in [-0.05, 0) is 39.2 Å². The number of amides is 1. The monoisotopic (exact) mass is 480 g/mol. The number of rotatable bonds is 4. The first-order valence-electron chi connectivity index (χ1n) is 11.3. The molecule has 5 heterocycles. The van der Waals surface area contributed by atoms with E-state index in [1.54, 1.807) is 17.1 Å². The van der Waals surface area contributed by atoms with E-state index in [0.29, 0.717) is 21.8 Å². The molecule has 11 heteroatoms. The summed E-state index contributed by atoms with van der Waals surface area (Å²) in [7, 11) is 1.88. The van der Waals surface area contributed by atoms with Crippen molar-refractivity contribution in [2.75, 3.05) is 29.0 Å². The molecule has 0 saturated carbocycles. The van der Waals surface area contributed by atoms with Crippen molar-refractivity contribution in [3.8, 4) is 11.1 Å². The van der Waals surface area contributed by atoms with Crippen LogP contribution in [0.3, 0.4) is 0 Å². The lowest BCUT2D eigenvalue weighted by molar-refractivity contribution is 0.102. The summed E-state index contributed by atoms with van der Waals surface area (Å²) in [5.41, 5.74) is 16.6. The number of pyridine rings is 1. The number of aryl methyl sites for hydroxylation is 3. The highest BCUT2D eigenvalue weighted by atomic mass is 32.1. The van der Waals surface area contributed by atoms with Crippen molar-refractivity contribution < 1.29 is 9.32 Å². The zero-order valence-electron chi connectivity index (χ0n) is 19.5. The minimum Gasteiger partial charge on any atom is -0.390 e. The third kappa shape index (κ3) is 3.90. The lowest BCUT2D eigenvalue weighted by Crippen LogP contribution is -2.29. The summed E-state index contributed by atoms with van der Waals surface area (Å²) in [6.07, 6.45) is 6.30. The second-order valence-corrected chi connectivity index (χ2v) is 9.83. The molecule has 1 fully saturated rings. The number of fused-ring (bicyclic) bond motifs is 1. The van der Waals surface area contributed by atoms with E-state index in [9.17, 15) is 4.79 Å². The summed E-state index contributed by atoms with van der Waals surface area (Å²) in [6, 6.07) is 2.18. The van der Waals surface area contributed by atoms with E-state index in [2.05, 4.69) is 25.5 Å². The Hall–Kier alpha value is -3.44. The highest BCUT2D eigenvalue weighted by Gasteiger charge is 2.25. The predicted molar refractivity (Wildman–Crippen MR) is 134 cm³/mol. The van der Waals surface area contributed by atoms with Gasteiger partial charge in [0, 0.05) is 43.5 Å². The van der Waals surface area contributed by atoms with Crippen LogP contribution < -0.4 is 21.7 Å². The van der Waals surface area contributed by atoms with Crippen LogP contribution in [0.1, 0.15) is 41.1 Å². The van der Waals surface area contributed by atoms with Crippen molar-refractivity contribution in [3.63, 3.8) is 0 Å². The summed E-state index contributed by atoms with van der Waals surface area (Å²) in [5, 5.41) is 11.9. The van der Waals surface area contributed by atoms with Gasteiger partial charge in [0.25, 0.3) is 5.91 Å². The van der Waals surface area contributed by atoms with Crippen LogP contribution in [0.2, 0.25) is 0 Å². The Morgan fingerprint density at radius 3 is 2.85 bits per heavy atom. The van der Waals surface area contributed by atoms with Crippen LogP contribution in [-0.2, 0) is 7.05 Å². The van der Waals surface area contributed by atoms with E-state index >= 15 is 0 Å². The Balaban J connectivity index is 1.45. The van der Waals surface area contributed by atoms with E-state index in [-0.39, 0.29) is 11.9 Å². The molecule has 0 aliphatic carbocycles. The largest absolute Gasteiger partial charge is 0.390 e. The molecule has 1 aliphatic heterocycles. The topological polar surface area (TPSA) is 141 Å². The van der Waals surface area contributed by atoms with Crippen molar-refractivity contribution in [2.45, 2.75) is 39.2 Å². The SMILES string of the molecule is Cc1noc(C)c1-c1cnc2c(C(=O)Nc3cnn(C)c3N3CCC[C@H](N)CC3)c(N)sc2c1. The van der Waals surface area contributed by atoms with Gasteiger partial charge >= 0.3 is 0 Å². The molecule has 0 radical (unpaired) electrons. The predicted octanol–water partition coefficient (Wildman–Crippen LogP) is 3.45. The lowest BCUT2D eigenvalue weighted by atomic mass is 10.1. The van der Waals surface area contributed by atoms with Crippen LogP contribution in [-0.4, -0.2) is 45.0 Å². The number of thiophene rings is 1. The van der Waals surface area contributed by atoms with Crippen molar-refractivity contribution in [2.24, 2.45) is 12.8 Å². The summed E-state index contributed by atoms with van der Waals surface area (Å²) in [6.45, 7) is 5.44. The van der Waals surface area contributed by atoms with Gasteiger partial charge in [0.05, 0.1) is 22.1 Å². The molecule has 178 valence electrons. The molecule has 1 atom stereocenters. The summed E-state index contributed by atoms with van der Waals surface area (Å²) in [5.74, 6) is 1.29. The number of nitrogens with one attached hydrogen (secondary N) is 1. The first-order valence-corrected chi connectivity index (χ1v) is 12.1. The number of aromatic nitrogens is 4. The quantitative estimate of drug-likeness (QED) is 0.403.